The van der Waals surface area contributed by atoms with Crippen LogP contribution in [-0.4, -0.2) is 46.1 Å². The van der Waals surface area contributed by atoms with E-state index in [2.05, 4.69) is 15.5 Å². The average molecular weight is 537 g/mol. The number of thioether (sulfide) groups is 1. The maximum atomic E-state index is 12.9. The Hall–Kier alpha value is -3.63. The van der Waals surface area contributed by atoms with Crippen molar-refractivity contribution in [2.24, 2.45) is 0 Å². The number of anilines is 1. The van der Waals surface area contributed by atoms with Crippen molar-refractivity contribution in [1.82, 2.24) is 14.8 Å². The van der Waals surface area contributed by atoms with E-state index in [1.807, 2.05) is 79.9 Å². The van der Waals surface area contributed by atoms with Gasteiger partial charge in [-0.05, 0) is 50.6 Å². The van der Waals surface area contributed by atoms with Gasteiger partial charge in [0, 0.05) is 22.5 Å². The molecular formula is C27H28N4O4S2. The number of esters is 1. The number of carbonyl (C=O) groups excluding carboxylic acids is 2. The summed E-state index contributed by atoms with van der Waals surface area (Å²) in [5.74, 6) is 0.897. The van der Waals surface area contributed by atoms with Crippen LogP contribution in [0.5, 0.6) is 5.75 Å². The first kappa shape index (κ1) is 26.4. The molecule has 10 heteroatoms. The highest BCUT2D eigenvalue weighted by Crippen LogP contribution is 2.40. The second kappa shape index (κ2) is 12.1. The van der Waals surface area contributed by atoms with Crippen LogP contribution in [0.1, 0.15) is 29.1 Å². The number of benzene rings is 2. The van der Waals surface area contributed by atoms with Crippen LogP contribution in [0.4, 0.5) is 5.00 Å². The first-order chi connectivity index (χ1) is 18.0. The Morgan fingerprint density at radius 2 is 1.76 bits per heavy atom. The lowest BCUT2D eigenvalue weighted by molar-refractivity contribution is -0.113. The zero-order chi connectivity index (χ0) is 26.4. The molecule has 0 aliphatic heterocycles. The molecule has 4 rings (SSSR count). The molecule has 0 aliphatic carbocycles. The van der Waals surface area contributed by atoms with Crippen LogP contribution in [0.3, 0.4) is 0 Å². The van der Waals surface area contributed by atoms with E-state index in [-0.39, 0.29) is 11.7 Å². The summed E-state index contributed by atoms with van der Waals surface area (Å²) in [5, 5.41) is 12.7. The van der Waals surface area contributed by atoms with E-state index in [9.17, 15) is 9.59 Å². The van der Waals surface area contributed by atoms with Gasteiger partial charge in [-0.25, -0.2) is 4.79 Å². The Kier molecular flexibility index (Phi) is 8.62. The number of ether oxygens (including phenoxy) is 2. The van der Waals surface area contributed by atoms with Crippen molar-refractivity contribution < 1.29 is 19.1 Å². The number of aryl methyl sites for hydroxylation is 1. The van der Waals surface area contributed by atoms with Gasteiger partial charge in [-0.3, -0.25) is 4.79 Å². The molecule has 2 aromatic carbocycles. The standard InChI is InChI=1S/C27H28N4O4S2/c1-5-31-24(19-12-14-20(15-13-19)35-6-2)29-30-27(31)36-16-21(32)28-25-23(26(33)34-4)22(17(3)37-25)18-10-8-7-9-11-18/h7-15H,5-6,16H2,1-4H3,(H,28,32). The molecule has 0 saturated heterocycles. The molecule has 0 fully saturated rings. The summed E-state index contributed by atoms with van der Waals surface area (Å²) in [6, 6.07) is 17.3. The highest BCUT2D eigenvalue weighted by molar-refractivity contribution is 7.99. The number of methoxy groups -OCH3 is 1. The van der Waals surface area contributed by atoms with Crippen LogP contribution in [0.2, 0.25) is 0 Å². The van der Waals surface area contributed by atoms with Gasteiger partial charge in [0.25, 0.3) is 0 Å². The normalized spacial score (nSPS) is 10.8. The number of hydrogen-bond acceptors (Lipinski definition) is 8. The molecular weight excluding hydrogens is 508 g/mol. The predicted molar refractivity (Wildman–Crippen MR) is 147 cm³/mol. The fraction of sp³-hybridized carbons (Fsp3) is 0.259. The summed E-state index contributed by atoms with van der Waals surface area (Å²) >= 11 is 2.65. The Labute approximate surface area is 224 Å². The molecule has 0 unspecified atom stereocenters. The molecule has 4 aromatic rings. The monoisotopic (exact) mass is 536 g/mol. The first-order valence-electron chi connectivity index (χ1n) is 11.8. The lowest BCUT2D eigenvalue weighted by Crippen LogP contribution is -2.16. The summed E-state index contributed by atoms with van der Waals surface area (Å²) in [5.41, 5.74) is 2.94. The lowest BCUT2D eigenvalue weighted by Gasteiger charge is -2.09. The zero-order valence-corrected chi connectivity index (χ0v) is 22.7. The molecule has 37 heavy (non-hydrogen) atoms. The van der Waals surface area contributed by atoms with Crippen LogP contribution in [0.15, 0.2) is 59.8 Å². The van der Waals surface area contributed by atoms with E-state index in [0.717, 1.165) is 33.1 Å². The lowest BCUT2D eigenvalue weighted by atomic mass is 10.0. The van der Waals surface area contributed by atoms with Gasteiger partial charge in [-0.1, -0.05) is 42.1 Å². The third kappa shape index (κ3) is 5.86. The van der Waals surface area contributed by atoms with E-state index < -0.39 is 5.97 Å². The second-order valence-corrected chi connectivity index (χ2v) is 10.1. The van der Waals surface area contributed by atoms with E-state index in [0.29, 0.717) is 28.9 Å². The van der Waals surface area contributed by atoms with Gasteiger partial charge in [0.15, 0.2) is 11.0 Å². The summed E-state index contributed by atoms with van der Waals surface area (Å²) in [7, 11) is 1.34. The number of amides is 1. The number of nitrogens with one attached hydrogen (secondary N) is 1. The summed E-state index contributed by atoms with van der Waals surface area (Å²) in [6.45, 7) is 7.13. The van der Waals surface area contributed by atoms with Crippen molar-refractivity contribution in [2.45, 2.75) is 32.5 Å². The number of hydrogen-bond donors (Lipinski definition) is 1. The minimum absolute atomic E-state index is 0.111. The van der Waals surface area contributed by atoms with Gasteiger partial charge in [0.2, 0.25) is 5.91 Å². The van der Waals surface area contributed by atoms with Gasteiger partial charge in [-0.2, -0.15) is 0 Å². The molecule has 192 valence electrons. The minimum atomic E-state index is -0.489. The molecule has 2 heterocycles. The second-order valence-electron chi connectivity index (χ2n) is 7.94. The fourth-order valence-electron chi connectivity index (χ4n) is 3.94. The molecule has 2 aromatic heterocycles. The van der Waals surface area contributed by atoms with Crippen molar-refractivity contribution in [3.8, 4) is 28.3 Å². The SMILES string of the molecule is CCOc1ccc(-c2nnc(SCC(=O)Nc3sc(C)c(-c4ccccc4)c3C(=O)OC)n2CC)cc1. The first-order valence-corrected chi connectivity index (χ1v) is 13.6. The molecule has 0 saturated carbocycles. The highest BCUT2D eigenvalue weighted by atomic mass is 32.2. The molecule has 0 atom stereocenters. The van der Waals surface area contributed by atoms with Crippen LogP contribution in [0.25, 0.3) is 22.5 Å². The molecule has 0 spiro atoms. The van der Waals surface area contributed by atoms with Crippen LogP contribution < -0.4 is 10.1 Å². The van der Waals surface area contributed by atoms with Crippen LogP contribution in [-0.2, 0) is 16.1 Å². The minimum Gasteiger partial charge on any atom is -0.494 e. The topological polar surface area (TPSA) is 95.3 Å². The predicted octanol–water partition coefficient (Wildman–Crippen LogP) is 5.92. The molecule has 0 bridgehead atoms. The summed E-state index contributed by atoms with van der Waals surface area (Å²) in [4.78, 5) is 26.5. The van der Waals surface area contributed by atoms with Crippen molar-refractivity contribution in [2.75, 3.05) is 24.8 Å². The molecule has 0 radical (unpaired) electrons. The number of thiophene rings is 1. The number of carbonyl (C=O) groups is 2. The van der Waals surface area contributed by atoms with Crippen molar-refractivity contribution in [3.05, 3.63) is 65.0 Å². The maximum Gasteiger partial charge on any atom is 0.341 e. The van der Waals surface area contributed by atoms with E-state index in [4.69, 9.17) is 9.47 Å². The van der Waals surface area contributed by atoms with Gasteiger partial charge in [0.1, 0.15) is 16.3 Å². The maximum absolute atomic E-state index is 12.9. The highest BCUT2D eigenvalue weighted by Gasteiger charge is 2.25. The number of aromatic nitrogens is 3. The van der Waals surface area contributed by atoms with Gasteiger partial charge >= 0.3 is 5.97 Å². The van der Waals surface area contributed by atoms with E-state index in [1.165, 1.54) is 30.2 Å². The van der Waals surface area contributed by atoms with Gasteiger partial charge in [0.05, 0.1) is 19.5 Å². The molecule has 8 nitrogen and oxygen atoms in total. The third-order valence-electron chi connectivity index (χ3n) is 5.58. The molecule has 1 N–H and O–H groups in total. The van der Waals surface area contributed by atoms with Crippen molar-refractivity contribution >= 4 is 40.0 Å². The Morgan fingerprint density at radius 3 is 2.41 bits per heavy atom. The molecule has 0 aliphatic rings. The quantitative estimate of drug-likeness (QED) is 0.199. The molecule has 1 amide bonds. The number of rotatable bonds is 10. The van der Waals surface area contributed by atoms with Crippen molar-refractivity contribution in [3.63, 3.8) is 0 Å². The van der Waals surface area contributed by atoms with Gasteiger partial charge in [-0.15, -0.1) is 21.5 Å². The van der Waals surface area contributed by atoms with Crippen LogP contribution >= 0.6 is 23.1 Å². The van der Waals surface area contributed by atoms with Crippen LogP contribution in [0, 0.1) is 6.92 Å². The van der Waals surface area contributed by atoms with Crippen molar-refractivity contribution in [1.29, 1.82) is 0 Å². The largest absolute Gasteiger partial charge is 0.494 e. The fourth-order valence-corrected chi connectivity index (χ4v) is 5.82. The Morgan fingerprint density at radius 1 is 1.03 bits per heavy atom. The number of nitrogens with zero attached hydrogens (tertiary/aromatic N) is 3. The van der Waals surface area contributed by atoms with E-state index >= 15 is 0 Å². The van der Waals surface area contributed by atoms with E-state index in [1.54, 1.807) is 0 Å². The Bertz CT molecular complexity index is 1380. The zero-order valence-electron chi connectivity index (χ0n) is 21.1. The summed E-state index contributed by atoms with van der Waals surface area (Å²) in [6.07, 6.45) is 0. The third-order valence-corrected chi connectivity index (χ3v) is 7.57. The summed E-state index contributed by atoms with van der Waals surface area (Å²) < 4.78 is 12.5. The average Bonchev–Trinajstić information content (AvgIpc) is 3.48. The smallest absolute Gasteiger partial charge is 0.341 e. The Balaban J connectivity index is 1.50. The van der Waals surface area contributed by atoms with Gasteiger partial charge < -0.3 is 19.4 Å².